The molecular weight excluding hydrogens is 253 g/mol. The molecule has 1 aromatic rings. The van der Waals surface area contributed by atoms with Crippen LogP contribution in [0.2, 0.25) is 10.0 Å². The monoisotopic (exact) mass is 273 g/mol. The Bertz CT molecular complexity index is 330. The van der Waals surface area contributed by atoms with Crippen molar-refractivity contribution in [1.29, 1.82) is 0 Å². The van der Waals surface area contributed by atoms with Crippen LogP contribution < -0.4 is 5.32 Å². The number of nitrogens with one attached hydrogen (secondary N) is 1. The Labute approximate surface area is 115 Å². The fourth-order valence-electron chi connectivity index (χ4n) is 1.69. The summed E-state index contributed by atoms with van der Waals surface area (Å²) >= 11 is 11.9. The molecule has 0 aliphatic rings. The fraction of sp³-hybridized carbons (Fsp3) is 0.571. The molecule has 0 bridgehead atoms. The molecule has 96 valence electrons. The first kappa shape index (κ1) is 14.8. The zero-order chi connectivity index (χ0) is 12.8. The van der Waals surface area contributed by atoms with Crippen LogP contribution in [0.5, 0.6) is 0 Å². The molecule has 0 fully saturated rings. The molecule has 0 aromatic heterocycles. The zero-order valence-corrected chi connectivity index (χ0v) is 12.3. The van der Waals surface area contributed by atoms with Crippen molar-refractivity contribution < 1.29 is 0 Å². The van der Waals surface area contributed by atoms with Gasteiger partial charge in [0, 0.05) is 22.6 Å². The van der Waals surface area contributed by atoms with Crippen LogP contribution in [0.1, 0.15) is 39.2 Å². The van der Waals surface area contributed by atoms with Gasteiger partial charge in [-0.05, 0) is 49.4 Å². The predicted octanol–water partition coefficient (Wildman–Crippen LogP) is 4.91. The lowest BCUT2D eigenvalue weighted by molar-refractivity contribution is 0.451. The maximum absolute atomic E-state index is 5.96. The molecule has 1 atom stereocenters. The maximum atomic E-state index is 5.96. The van der Waals surface area contributed by atoms with Crippen LogP contribution in [-0.4, -0.2) is 6.04 Å². The van der Waals surface area contributed by atoms with E-state index in [9.17, 15) is 0 Å². The number of hydrogen-bond acceptors (Lipinski definition) is 1. The van der Waals surface area contributed by atoms with Crippen LogP contribution in [-0.2, 0) is 6.54 Å². The summed E-state index contributed by atoms with van der Waals surface area (Å²) in [4.78, 5) is 0. The first-order valence-electron chi connectivity index (χ1n) is 6.15. The standard InChI is InChI=1S/C14H21Cl2N/c1-10(2)4-5-11(3)17-9-12-6-13(15)8-14(16)7-12/h6-8,10-11,17H,4-5,9H2,1-3H3. The van der Waals surface area contributed by atoms with Gasteiger partial charge in [-0.3, -0.25) is 0 Å². The molecule has 1 N–H and O–H groups in total. The van der Waals surface area contributed by atoms with Gasteiger partial charge in [0.25, 0.3) is 0 Å². The van der Waals surface area contributed by atoms with Gasteiger partial charge in [0.05, 0.1) is 0 Å². The van der Waals surface area contributed by atoms with E-state index in [0.29, 0.717) is 16.1 Å². The second kappa shape index (κ2) is 7.25. The van der Waals surface area contributed by atoms with Gasteiger partial charge < -0.3 is 5.32 Å². The van der Waals surface area contributed by atoms with Crippen LogP contribution in [0.3, 0.4) is 0 Å². The zero-order valence-electron chi connectivity index (χ0n) is 10.8. The van der Waals surface area contributed by atoms with Crippen molar-refractivity contribution in [2.75, 3.05) is 0 Å². The highest BCUT2D eigenvalue weighted by atomic mass is 35.5. The Morgan fingerprint density at radius 2 is 1.59 bits per heavy atom. The highest BCUT2D eigenvalue weighted by Gasteiger charge is 2.04. The number of halogens is 2. The van der Waals surface area contributed by atoms with Gasteiger partial charge >= 0.3 is 0 Å². The lowest BCUT2D eigenvalue weighted by Gasteiger charge is -2.15. The van der Waals surface area contributed by atoms with E-state index in [4.69, 9.17) is 23.2 Å². The molecule has 17 heavy (non-hydrogen) atoms. The molecule has 0 aliphatic heterocycles. The van der Waals surface area contributed by atoms with Gasteiger partial charge in [-0.1, -0.05) is 37.0 Å². The summed E-state index contributed by atoms with van der Waals surface area (Å²) in [5.41, 5.74) is 1.14. The average Bonchev–Trinajstić information content (AvgIpc) is 2.22. The van der Waals surface area contributed by atoms with Crippen LogP contribution in [0.15, 0.2) is 18.2 Å². The molecule has 0 aliphatic carbocycles. The van der Waals surface area contributed by atoms with Crippen LogP contribution >= 0.6 is 23.2 Å². The molecule has 0 amide bonds. The summed E-state index contributed by atoms with van der Waals surface area (Å²) in [5, 5.41) is 4.89. The Morgan fingerprint density at radius 1 is 1.00 bits per heavy atom. The maximum Gasteiger partial charge on any atom is 0.0424 e. The smallest absolute Gasteiger partial charge is 0.0424 e. The van der Waals surface area contributed by atoms with Crippen molar-refractivity contribution in [3.63, 3.8) is 0 Å². The molecule has 1 rings (SSSR count). The van der Waals surface area contributed by atoms with E-state index in [2.05, 4.69) is 26.1 Å². The van der Waals surface area contributed by atoms with Gasteiger partial charge in [-0.2, -0.15) is 0 Å². The van der Waals surface area contributed by atoms with Gasteiger partial charge in [-0.15, -0.1) is 0 Å². The minimum atomic E-state index is 0.523. The molecule has 3 heteroatoms. The lowest BCUT2D eigenvalue weighted by atomic mass is 10.0. The van der Waals surface area contributed by atoms with Crippen LogP contribution in [0.4, 0.5) is 0 Å². The average molecular weight is 274 g/mol. The molecule has 1 unspecified atom stereocenters. The predicted molar refractivity (Wildman–Crippen MR) is 76.8 cm³/mol. The molecular formula is C14H21Cl2N. The molecule has 0 heterocycles. The minimum absolute atomic E-state index is 0.523. The Balaban J connectivity index is 2.39. The van der Waals surface area contributed by atoms with E-state index < -0.39 is 0 Å². The summed E-state index contributed by atoms with van der Waals surface area (Å²) in [6.07, 6.45) is 2.45. The molecule has 0 spiro atoms. The van der Waals surface area contributed by atoms with Crippen molar-refractivity contribution in [2.45, 2.75) is 46.2 Å². The van der Waals surface area contributed by atoms with Crippen LogP contribution in [0.25, 0.3) is 0 Å². The van der Waals surface area contributed by atoms with E-state index in [1.807, 2.05) is 12.1 Å². The van der Waals surface area contributed by atoms with E-state index in [0.717, 1.165) is 18.0 Å². The quantitative estimate of drug-likeness (QED) is 0.777. The van der Waals surface area contributed by atoms with E-state index >= 15 is 0 Å². The molecule has 0 saturated heterocycles. The van der Waals surface area contributed by atoms with Gasteiger partial charge in [0.2, 0.25) is 0 Å². The Morgan fingerprint density at radius 3 is 2.12 bits per heavy atom. The van der Waals surface area contributed by atoms with E-state index in [1.54, 1.807) is 6.07 Å². The Hall–Kier alpha value is -0.240. The van der Waals surface area contributed by atoms with Gasteiger partial charge in [0.1, 0.15) is 0 Å². The Kier molecular flexibility index (Phi) is 6.32. The minimum Gasteiger partial charge on any atom is -0.310 e. The SMILES string of the molecule is CC(C)CCC(C)NCc1cc(Cl)cc(Cl)c1. The summed E-state index contributed by atoms with van der Waals surface area (Å²) < 4.78 is 0. The van der Waals surface area contributed by atoms with Gasteiger partial charge in [0.15, 0.2) is 0 Å². The molecule has 1 nitrogen and oxygen atoms in total. The second-order valence-corrected chi connectivity index (χ2v) is 5.90. The third-order valence-electron chi connectivity index (χ3n) is 2.75. The lowest BCUT2D eigenvalue weighted by Crippen LogP contribution is -2.25. The fourth-order valence-corrected chi connectivity index (χ4v) is 2.26. The number of benzene rings is 1. The highest BCUT2D eigenvalue weighted by molar-refractivity contribution is 6.34. The highest BCUT2D eigenvalue weighted by Crippen LogP contribution is 2.19. The van der Waals surface area contributed by atoms with Crippen molar-refractivity contribution in [2.24, 2.45) is 5.92 Å². The molecule has 0 radical (unpaired) electrons. The van der Waals surface area contributed by atoms with Crippen molar-refractivity contribution in [1.82, 2.24) is 5.32 Å². The first-order chi connectivity index (χ1) is 7.97. The third kappa shape index (κ3) is 6.30. The summed E-state index contributed by atoms with van der Waals surface area (Å²) in [7, 11) is 0. The second-order valence-electron chi connectivity index (χ2n) is 5.03. The van der Waals surface area contributed by atoms with Crippen molar-refractivity contribution in [3.8, 4) is 0 Å². The van der Waals surface area contributed by atoms with Crippen molar-refractivity contribution in [3.05, 3.63) is 33.8 Å². The number of rotatable bonds is 6. The number of hydrogen-bond donors (Lipinski definition) is 1. The summed E-state index contributed by atoms with van der Waals surface area (Å²) in [5.74, 6) is 0.764. The molecule has 1 aromatic carbocycles. The topological polar surface area (TPSA) is 12.0 Å². The third-order valence-corrected chi connectivity index (χ3v) is 3.19. The normalized spacial score (nSPS) is 13.1. The summed E-state index contributed by atoms with van der Waals surface area (Å²) in [6, 6.07) is 6.19. The largest absolute Gasteiger partial charge is 0.310 e. The van der Waals surface area contributed by atoms with E-state index in [1.165, 1.54) is 12.8 Å². The molecule has 0 saturated carbocycles. The summed E-state index contributed by atoms with van der Waals surface area (Å²) in [6.45, 7) is 7.54. The first-order valence-corrected chi connectivity index (χ1v) is 6.91. The van der Waals surface area contributed by atoms with Crippen LogP contribution in [0, 0.1) is 5.92 Å². The van der Waals surface area contributed by atoms with E-state index in [-0.39, 0.29) is 0 Å². The van der Waals surface area contributed by atoms with Crippen molar-refractivity contribution >= 4 is 23.2 Å². The van der Waals surface area contributed by atoms with Gasteiger partial charge in [-0.25, -0.2) is 0 Å².